The van der Waals surface area contributed by atoms with Crippen molar-refractivity contribution < 1.29 is 9.84 Å². The highest BCUT2D eigenvalue weighted by Gasteiger charge is 1.98. The predicted molar refractivity (Wildman–Crippen MR) is 45.4 cm³/mol. The van der Waals surface area contributed by atoms with E-state index in [1.807, 2.05) is 0 Å². The van der Waals surface area contributed by atoms with E-state index in [2.05, 4.69) is 6.92 Å². The molecule has 0 aromatic rings. The van der Waals surface area contributed by atoms with Gasteiger partial charge >= 0.3 is 0 Å². The number of aliphatic hydroxyl groups excluding tert-OH is 1. The van der Waals surface area contributed by atoms with Crippen molar-refractivity contribution in [3.8, 4) is 0 Å². The van der Waals surface area contributed by atoms with Gasteiger partial charge in [0.1, 0.15) is 0 Å². The predicted octanol–water partition coefficient (Wildman–Crippen LogP) is 0.513. The topological polar surface area (TPSA) is 55.5 Å². The lowest BCUT2D eigenvalue weighted by Crippen LogP contribution is -2.25. The van der Waals surface area contributed by atoms with Crippen molar-refractivity contribution >= 4 is 0 Å². The summed E-state index contributed by atoms with van der Waals surface area (Å²) < 4.78 is 5.16. The minimum atomic E-state index is -0.489. The minimum absolute atomic E-state index is 0.285. The Kier molecular flexibility index (Phi) is 7.89. The van der Waals surface area contributed by atoms with Gasteiger partial charge in [0.2, 0.25) is 0 Å². The highest BCUT2D eigenvalue weighted by atomic mass is 16.5. The number of hydrogen-bond acceptors (Lipinski definition) is 3. The van der Waals surface area contributed by atoms with Gasteiger partial charge in [-0.15, -0.1) is 0 Å². The Morgan fingerprint density at radius 1 is 1.45 bits per heavy atom. The quantitative estimate of drug-likeness (QED) is 0.535. The lowest BCUT2D eigenvalue weighted by atomic mass is 10.3. The molecule has 1 unspecified atom stereocenters. The number of rotatable bonds is 7. The van der Waals surface area contributed by atoms with Crippen LogP contribution >= 0.6 is 0 Å². The van der Waals surface area contributed by atoms with Crippen molar-refractivity contribution in [2.45, 2.75) is 32.3 Å². The van der Waals surface area contributed by atoms with Crippen LogP contribution in [0, 0.1) is 0 Å². The molecule has 68 valence electrons. The molecule has 1 atom stereocenters. The first-order valence-corrected chi connectivity index (χ1v) is 4.27. The van der Waals surface area contributed by atoms with Gasteiger partial charge in [0, 0.05) is 13.2 Å². The van der Waals surface area contributed by atoms with E-state index in [0.717, 1.165) is 13.0 Å². The maximum atomic E-state index is 8.96. The summed E-state index contributed by atoms with van der Waals surface area (Å²) in [6.45, 7) is 3.55. The Bertz CT molecular complexity index is 78.5. The minimum Gasteiger partial charge on any atom is -0.389 e. The fourth-order valence-electron chi connectivity index (χ4n) is 0.742. The molecule has 3 nitrogen and oxygen atoms in total. The molecule has 0 radical (unpaired) electrons. The SMILES string of the molecule is CCCCCOCC(O)CN. The Hall–Kier alpha value is -0.120. The summed E-state index contributed by atoms with van der Waals surface area (Å²) >= 11 is 0. The van der Waals surface area contributed by atoms with Crippen LogP contribution in [0.5, 0.6) is 0 Å². The molecule has 0 fully saturated rings. The molecule has 0 heterocycles. The molecule has 0 aromatic carbocycles. The maximum absolute atomic E-state index is 8.96. The monoisotopic (exact) mass is 161 g/mol. The van der Waals surface area contributed by atoms with Crippen molar-refractivity contribution in [2.24, 2.45) is 5.73 Å². The number of ether oxygens (including phenoxy) is 1. The van der Waals surface area contributed by atoms with Crippen molar-refractivity contribution in [2.75, 3.05) is 19.8 Å². The molecule has 0 amide bonds. The summed E-state index contributed by atoms with van der Waals surface area (Å²) in [5.41, 5.74) is 5.18. The first-order chi connectivity index (χ1) is 5.31. The zero-order valence-corrected chi connectivity index (χ0v) is 7.25. The summed E-state index contributed by atoms with van der Waals surface area (Å²) in [5.74, 6) is 0. The molecule has 0 bridgehead atoms. The van der Waals surface area contributed by atoms with Gasteiger partial charge in [-0.1, -0.05) is 19.8 Å². The molecule has 11 heavy (non-hydrogen) atoms. The van der Waals surface area contributed by atoms with E-state index in [-0.39, 0.29) is 6.54 Å². The average Bonchev–Trinajstić information content (AvgIpc) is 2.04. The number of unbranched alkanes of at least 4 members (excludes halogenated alkanes) is 2. The molecule has 0 aliphatic rings. The number of nitrogens with two attached hydrogens (primary N) is 1. The first kappa shape index (κ1) is 10.9. The highest BCUT2D eigenvalue weighted by Crippen LogP contribution is 1.94. The second kappa shape index (κ2) is 7.98. The van der Waals surface area contributed by atoms with Crippen LogP contribution in [0.3, 0.4) is 0 Å². The Morgan fingerprint density at radius 2 is 2.18 bits per heavy atom. The van der Waals surface area contributed by atoms with E-state index in [1.54, 1.807) is 0 Å². The van der Waals surface area contributed by atoms with Gasteiger partial charge in [-0.2, -0.15) is 0 Å². The third kappa shape index (κ3) is 7.78. The lowest BCUT2D eigenvalue weighted by molar-refractivity contribution is 0.0398. The van der Waals surface area contributed by atoms with Crippen molar-refractivity contribution in [3.05, 3.63) is 0 Å². The van der Waals surface area contributed by atoms with Crippen LogP contribution in [0.4, 0.5) is 0 Å². The van der Waals surface area contributed by atoms with Gasteiger partial charge in [-0.05, 0) is 6.42 Å². The van der Waals surface area contributed by atoms with Gasteiger partial charge in [-0.25, -0.2) is 0 Å². The lowest BCUT2D eigenvalue weighted by Gasteiger charge is -2.07. The summed E-state index contributed by atoms with van der Waals surface area (Å²) in [5, 5.41) is 8.96. The number of aliphatic hydroxyl groups is 1. The Labute approximate surface area is 68.5 Å². The van der Waals surface area contributed by atoms with Gasteiger partial charge in [0.25, 0.3) is 0 Å². The molecular formula is C8H19NO2. The van der Waals surface area contributed by atoms with Crippen molar-refractivity contribution in [1.29, 1.82) is 0 Å². The molecule has 0 aromatic heterocycles. The fraction of sp³-hybridized carbons (Fsp3) is 1.00. The van der Waals surface area contributed by atoms with Gasteiger partial charge < -0.3 is 15.6 Å². The van der Waals surface area contributed by atoms with E-state index < -0.39 is 6.10 Å². The number of hydrogen-bond donors (Lipinski definition) is 2. The van der Waals surface area contributed by atoms with E-state index in [0.29, 0.717) is 6.61 Å². The largest absolute Gasteiger partial charge is 0.389 e. The summed E-state index contributed by atoms with van der Waals surface area (Å²) in [6.07, 6.45) is 2.98. The van der Waals surface area contributed by atoms with Crippen LogP contribution in [-0.2, 0) is 4.74 Å². The molecule has 0 rings (SSSR count). The van der Waals surface area contributed by atoms with Crippen LogP contribution in [0.1, 0.15) is 26.2 Å². The molecule has 3 heteroatoms. The zero-order chi connectivity index (χ0) is 8.53. The van der Waals surface area contributed by atoms with Crippen molar-refractivity contribution in [3.63, 3.8) is 0 Å². The summed E-state index contributed by atoms with van der Waals surface area (Å²) in [4.78, 5) is 0. The Morgan fingerprint density at radius 3 is 2.73 bits per heavy atom. The third-order valence-corrected chi connectivity index (χ3v) is 1.47. The second-order valence-electron chi connectivity index (χ2n) is 2.67. The summed E-state index contributed by atoms with van der Waals surface area (Å²) in [7, 11) is 0. The standard InChI is InChI=1S/C8H19NO2/c1-2-3-4-5-11-7-8(10)6-9/h8,10H,2-7,9H2,1H3. The van der Waals surface area contributed by atoms with E-state index in [1.165, 1.54) is 12.8 Å². The second-order valence-corrected chi connectivity index (χ2v) is 2.67. The van der Waals surface area contributed by atoms with Crippen LogP contribution < -0.4 is 5.73 Å². The third-order valence-electron chi connectivity index (χ3n) is 1.47. The van der Waals surface area contributed by atoms with Crippen LogP contribution in [0.2, 0.25) is 0 Å². The van der Waals surface area contributed by atoms with Gasteiger partial charge in [0.05, 0.1) is 12.7 Å². The average molecular weight is 161 g/mol. The first-order valence-electron chi connectivity index (χ1n) is 4.27. The van der Waals surface area contributed by atoms with Gasteiger partial charge in [-0.3, -0.25) is 0 Å². The molecule has 0 aliphatic heterocycles. The molecule has 0 saturated heterocycles. The van der Waals surface area contributed by atoms with Crippen LogP contribution in [-0.4, -0.2) is 31.0 Å². The van der Waals surface area contributed by atoms with E-state index >= 15 is 0 Å². The summed E-state index contributed by atoms with van der Waals surface area (Å²) in [6, 6.07) is 0. The van der Waals surface area contributed by atoms with Gasteiger partial charge in [0.15, 0.2) is 0 Å². The fourth-order valence-corrected chi connectivity index (χ4v) is 0.742. The maximum Gasteiger partial charge on any atom is 0.0895 e. The Balaban J connectivity index is 2.89. The molecule has 0 saturated carbocycles. The molecular weight excluding hydrogens is 142 g/mol. The zero-order valence-electron chi connectivity index (χ0n) is 7.25. The van der Waals surface area contributed by atoms with E-state index in [9.17, 15) is 0 Å². The molecule has 0 spiro atoms. The smallest absolute Gasteiger partial charge is 0.0895 e. The molecule has 0 aliphatic carbocycles. The normalized spacial score (nSPS) is 13.4. The highest BCUT2D eigenvalue weighted by molar-refractivity contribution is 4.52. The van der Waals surface area contributed by atoms with Crippen LogP contribution in [0.25, 0.3) is 0 Å². The molecule has 3 N–H and O–H groups in total. The van der Waals surface area contributed by atoms with E-state index in [4.69, 9.17) is 15.6 Å². The van der Waals surface area contributed by atoms with Crippen molar-refractivity contribution in [1.82, 2.24) is 0 Å². The van der Waals surface area contributed by atoms with Crippen LogP contribution in [0.15, 0.2) is 0 Å².